The second-order valence-corrected chi connectivity index (χ2v) is 8.72. The number of nitrogens with one attached hydrogen (secondary N) is 3. The molecule has 2 fully saturated rings. The Kier molecular flexibility index (Phi) is 6.18. The van der Waals surface area contributed by atoms with Crippen LogP contribution in [-0.2, 0) is 21.4 Å². The Bertz CT molecular complexity index is 869. The molecule has 2 atom stereocenters. The fraction of sp³-hybridized carbons (Fsp3) is 0.440. The second-order valence-electron chi connectivity index (χ2n) is 8.72. The van der Waals surface area contributed by atoms with Crippen molar-refractivity contribution < 1.29 is 9.59 Å². The summed E-state index contributed by atoms with van der Waals surface area (Å²) in [5, 5.41) is 9.57. The Balaban J connectivity index is 1.49. The highest BCUT2D eigenvalue weighted by Gasteiger charge is 2.51. The highest BCUT2D eigenvalue weighted by Crippen LogP contribution is 2.48. The molecule has 0 spiro atoms. The summed E-state index contributed by atoms with van der Waals surface area (Å²) >= 11 is 0. The lowest BCUT2D eigenvalue weighted by Gasteiger charge is -2.27. The molecule has 5 heteroatoms. The standard InChI is InChI=1S/C25H31N3O2/c1-18-9-11-20(12-10-18)25(13-14-25)24(30)28-22(16-19-6-3-2-4-7-19)23(29)27-21-8-5-15-26-17-21/h2-4,6-7,9-12,21-22,26H,5,8,13-17H2,1H3,(H,27,29)(H,28,30)/t21-,22+/m1/s1. The topological polar surface area (TPSA) is 70.2 Å². The van der Waals surface area contributed by atoms with Crippen molar-refractivity contribution in [2.45, 2.75) is 56.5 Å². The average molecular weight is 406 g/mol. The normalized spacial score (nSPS) is 20.8. The molecule has 158 valence electrons. The van der Waals surface area contributed by atoms with Crippen molar-refractivity contribution in [2.75, 3.05) is 13.1 Å². The van der Waals surface area contributed by atoms with Crippen LogP contribution >= 0.6 is 0 Å². The van der Waals surface area contributed by atoms with Crippen LogP contribution in [-0.4, -0.2) is 37.0 Å². The molecule has 0 aromatic heterocycles. The Hall–Kier alpha value is -2.66. The maximum atomic E-state index is 13.3. The van der Waals surface area contributed by atoms with Gasteiger partial charge in [-0.25, -0.2) is 0 Å². The van der Waals surface area contributed by atoms with E-state index in [9.17, 15) is 9.59 Å². The van der Waals surface area contributed by atoms with E-state index in [2.05, 4.69) is 16.0 Å². The molecule has 2 aromatic carbocycles. The van der Waals surface area contributed by atoms with E-state index in [-0.39, 0.29) is 17.9 Å². The van der Waals surface area contributed by atoms with Crippen LogP contribution in [0.3, 0.4) is 0 Å². The third-order valence-electron chi connectivity index (χ3n) is 6.34. The van der Waals surface area contributed by atoms with Gasteiger partial charge < -0.3 is 16.0 Å². The summed E-state index contributed by atoms with van der Waals surface area (Å²) in [6.45, 7) is 3.82. The minimum Gasteiger partial charge on any atom is -0.350 e. The van der Waals surface area contributed by atoms with Crippen molar-refractivity contribution >= 4 is 11.8 Å². The molecule has 1 aliphatic heterocycles. The SMILES string of the molecule is Cc1ccc(C2(C(=O)N[C@@H](Cc3ccccc3)C(=O)N[C@@H]3CCCNC3)CC2)cc1. The van der Waals surface area contributed by atoms with Crippen LogP contribution in [0.15, 0.2) is 54.6 Å². The molecule has 1 heterocycles. The number of carbonyl (C=O) groups excluding carboxylic acids is 2. The zero-order chi connectivity index (χ0) is 21.0. The van der Waals surface area contributed by atoms with Gasteiger partial charge in [0, 0.05) is 19.0 Å². The van der Waals surface area contributed by atoms with Crippen molar-refractivity contribution in [3.05, 3.63) is 71.3 Å². The van der Waals surface area contributed by atoms with E-state index in [0.717, 1.165) is 49.9 Å². The first-order valence-electron chi connectivity index (χ1n) is 11.0. The van der Waals surface area contributed by atoms with Gasteiger partial charge in [-0.2, -0.15) is 0 Å². The van der Waals surface area contributed by atoms with Gasteiger partial charge in [0.1, 0.15) is 6.04 Å². The number of carbonyl (C=O) groups is 2. The predicted molar refractivity (Wildman–Crippen MR) is 118 cm³/mol. The zero-order valence-corrected chi connectivity index (χ0v) is 17.6. The molecule has 4 rings (SSSR count). The first kappa shape index (κ1) is 20.6. The zero-order valence-electron chi connectivity index (χ0n) is 17.6. The number of benzene rings is 2. The van der Waals surface area contributed by atoms with Crippen molar-refractivity contribution in [1.29, 1.82) is 0 Å². The minimum absolute atomic E-state index is 0.0378. The molecular weight excluding hydrogens is 374 g/mol. The largest absolute Gasteiger partial charge is 0.350 e. The van der Waals surface area contributed by atoms with E-state index in [1.807, 2.05) is 61.5 Å². The van der Waals surface area contributed by atoms with Gasteiger partial charge in [0.05, 0.1) is 5.41 Å². The van der Waals surface area contributed by atoms with Crippen LogP contribution in [0, 0.1) is 6.92 Å². The lowest BCUT2D eigenvalue weighted by molar-refractivity contribution is -0.130. The molecule has 0 unspecified atom stereocenters. The van der Waals surface area contributed by atoms with Crippen LogP contribution in [0.2, 0.25) is 0 Å². The fourth-order valence-electron chi connectivity index (χ4n) is 4.28. The third kappa shape index (κ3) is 4.73. The lowest BCUT2D eigenvalue weighted by atomic mass is 9.93. The van der Waals surface area contributed by atoms with Crippen LogP contribution in [0.4, 0.5) is 0 Å². The molecule has 2 aromatic rings. The molecule has 3 N–H and O–H groups in total. The van der Waals surface area contributed by atoms with E-state index in [1.54, 1.807) is 0 Å². The molecule has 5 nitrogen and oxygen atoms in total. The summed E-state index contributed by atoms with van der Waals surface area (Å²) in [5.74, 6) is -0.134. The molecule has 2 aliphatic rings. The summed E-state index contributed by atoms with van der Waals surface area (Å²) in [6, 6.07) is 17.6. The minimum atomic E-state index is -0.579. The molecule has 0 radical (unpaired) electrons. The van der Waals surface area contributed by atoms with Crippen molar-refractivity contribution in [3.8, 4) is 0 Å². The smallest absolute Gasteiger partial charge is 0.243 e. The van der Waals surface area contributed by atoms with Crippen molar-refractivity contribution in [3.63, 3.8) is 0 Å². The second kappa shape index (κ2) is 9.00. The number of piperidine rings is 1. The van der Waals surface area contributed by atoms with E-state index in [4.69, 9.17) is 0 Å². The van der Waals surface area contributed by atoms with E-state index in [0.29, 0.717) is 6.42 Å². The van der Waals surface area contributed by atoms with E-state index < -0.39 is 11.5 Å². The lowest BCUT2D eigenvalue weighted by Crippen LogP contribution is -2.55. The summed E-state index contributed by atoms with van der Waals surface area (Å²) in [6.07, 6.45) is 4.17. The molecule has 1 saturated heterocycles. The van der Waals surface area contributed by atoms with Crippen molar-refractivity contribution in [1.82, 2.24) is 16.0 Å². The van der Waals surface area contributed by atoms with Gasteiger partial charge in [0.15, 0.2) is 0 Å². The van der Waals surface area contributed by atoms with Gasteiger partial charge in [-0.05, 0) is 50.3 Å². The molecule has 2 amide bonds. The van der Waals surface area contributed by atoms with Crippen LogP contribution < -0.4 is 16.0 Å². The summed E-state index contributed by atoms with van der Waals surface area (Å²) in [5.41, 5.74) is 2.77. The summed E-state index contributed by atoms with van der Waals surface area (Å²) < 4.78 is 0. The Morgan fingerprint density at radius 2 is 1.83 bits per heavy atom. The predicted octanol–water partition coefficient (Wildman–Crippen LogP) is 2.62. The van der Waals surface area contributed by atoms with Crippen LogP contribution in [0.25, 0.3) is 0 Å². The molecule has 0 bridgehead atoms. The first-order valence-corrected chi connectivity index (χ1v) is 11.0. The first-order chi connectivity index (χ1) is 14.6. The van der Waals surface area contributed by atoms with Gasteiger partial charge >= 0.3 is 0 Å². The molecular formula is C25H31N3O2. The van der Waals surface area contributed by atoms with Gasteiger partial charge in [0.25, 0.3) is 0 Å². The van der Waals surface area contributed by atoms with Gasteiger partial charge in [-0.15, -0.1) is 0 Å². The Morgan fingerprint density at radius 1 is 1.10 bits per heavy atom. The van der Waals surface area contributed by atoms with Crippen LogP contribution in [0.5, 0.6) is 0 Å². The number of hydrogen-bond donors (Lipinski definition) is 3. The number of aryl methyl sites for hydroxylation is 1. The van der Waals surface area contributed by atoms with Crippen LogP contribution in [0.1, 0.15) is 42.4 Å². The van der Waals surface area contributed by atoms with Gasteiger partial charge in [-0.3, -0.25) is 9.59 Å². The van der Waals surface area contributed by atoms with E-state index in [1.165, 1.54) is 5.56 Å². The van der Waals surface area contributed by atoms with Gasteiger partial charge in [-0.1, -0.05) is 60.2 Å². The number of hydrogen-bond acceptors (Lipinski definition) is 3. The molecule has 30 heavy (non-hydrogen) atoms. The number of rotatable bonds is 7. The third-order valence-corrected chi connectivity index (χ3v) is 6.34. The monoisotopic (exact) mass is 405 g/mol. The summed E-state index contributed by atoms with van der Waals surface area (Å²) in [7, 11) is 0. The maximum Gasteiger partial charge on any atom is 0.243 e. The quantitative estimate of drug-likeness (QED) is 0.663. The molecule has 1 aliphatic carbocycles. The number of amides is 2. The van der Waals surface area contributed by atoms with E-state index >= 15 is 0 Å². The summed E-state index contributed by atoms with van der Waals surface area (Å²) in [4.78, 5) is 26.4. The maximum absolute atomic E-state index is 13.3. The van der Waals surface area contributed by atoms with Gasteiger partial charge in [0.2, 0.25) is 11.8 Å². The fourth-order valence-corrected chi connectivity index (χ4v) is 4.28. The molecule has 1 saturated carbocycles. The van der Waals surface area contributed by atoms with Crippen molar-refractivity contribution in [2.24, 2.45) is 0 Å². The highest BCUT2D eigenvalue weighted by atomic mass is 16.2. The Morgan fingerprint density at radius 3 is 2.47 bits per heavy atom. The Labute approximate surface area is 178 Å². The average Bonchev–Trinajstić information content (AvgIpc) is 3.57. The highest BCUT2D eigenvalue weighted by molar-refractivity contribution is 5.95.